The number of phenolic OH excluding ortho intramolecular Hbond substituents is 1. The van der Waals surface area contributed by atoms with Gasteiger partial charge in [0.15, 0.2) is 5.65 Å². The van der Waals surface area contributed by atoms with Crippen molar-refractivity contribution in [2.24, 2.45) is 0 Å². The number of fused-ring (bicyclic) bond motifs is 2. The Hall–Kier alpha value is -3.52. The standard InChI is InChI=1S/C24H24FN5O2/c1-14(2)20-13-27-30-22(9-21(28-23(20)30)17-7-18(25)12-26-11-17)29-24(32)6-5-15-8-19(31)4-3-16(15)10-24/h3-4,7-9,11-14,29,31-32H,5-6,10H2,1-2H3/t24-/m0/s1. The van der Waals surface area contributed by atoms with Gasteiger partial charge in [0.25, 0.3) is 0 Å². The van der Waals surface area contributed by atoms with Crippen LogP contribution in [-0.4, -0.2) is 35.5 Å². The van der Waals surface area contributed by atoms with Crippen molar-refractivity contribution in [3.63, 3.8) is 0 Å². The van der Waals surface area contributed by atoms with E-state index in [4.69, 9.17) is 4.98 Å². The number of hydrogen-bond acceptors (Lipinski definition) is 6. The summed E-state index contributed by atoms with van der Waals surface area (Å²) < 4.78 is 15.5. The summed E-state index contributed by atoms with van der Waals surface area (Å²) in [5, 5.41) is 28.9. The lowest BCUT2D eigenvalue weighted by Gasteiger charge is -2.35. The fourth-order valence-corrected chi connectivity index (χ4v) is 4.28. The van der Waals surface area contributed by atoms with Gasteiger partial charge < -0.3 is 15.5 Å². The highest BCUT2D eigenvalue weighted by Gasteiger charge is 2.33. The Morgan fingerprint density at radius 2 is 1.97 bits per heavy atom. The number of aliphatic hydroxyl groups is 1. The molecule has 8 heteroatoms. The van der Waals surface area contributed by atoms with Gasteiger partial charge in [-0.25, -0.2) is 9.37 Å². The van der Waals surface area contributed by atoms with Gasteiger partial charge in [-0.2, -0.15) is 9.61 Å². The van der Waals surface area contributed by atoms with E-state index in [2.05, 4.69) is 29.2 Å². The first-order valence-corrected chi connectivity index (χ1v) is 10.6. The predicted octanol–water partition coefficient (Wildman–Crippen LogP) is 4.05. The smallest absolute Gasteiger partial charge is 0.161 e. The zero-order valence-electron chi connectivity index (χ0n) is 17.9. The van der Waals surface area contributed by atoms with Crippen LogP contribution in [-0.2, 0) is 12.8 Å². The van der Waals surface area contributed by atoms with Gasteiger partial charge in [0, 0.05) is 29.8 Å². The summed E-state index contributed by atoms with van der Waals surface area (Å²) >= 11 is 0. The van der Waals surface area contributed by atoms with Crippen molar-refractivity contribution >= 4 is 11.5 Å². The highest BCUT2D eigenvalue weighted by molar-refractivity contribution is 5.68. The largest absolute Gasteiger partial charge is 0.508 e. The van der Waals surface area contributed by atoms with Crippen molar-refractivity contribution < 1.29 is 14.6 Å². The molecule has 32 heavy (non-hydrogen) atoms. The number of halogens is 1. The Morgan fingerprint density at radius 1 is 1.12 bits per heavy atom. The van der Waals surface area contributed by atoms with E-state index < -0.39 is 11.5 Å². The number of nitrogens with zero attached hydrogens (tertiary/aromatic N) is 4. The van der Waals surface area contributed by atoms with Crippen LogP contribution in [0.4, 0.5) is 10.2 Å². The summed E-state index contributed by atoms with van der Waals surface area (Å²) in [7, 11) is 0. The molecule has 0 aliphatic heterocycles. The zero-order chi connectivity index (χ0) is 22.5. The molecule has 0 spiro atoms. The van der Waals surface area contributed by atoms with Gasteiger partial charge in [0.2, 0.25) is 0 Å². The van der Waals surface area contributed by atoms with Crippen molar-refractivity contribution in [2.45, 2.75) is 44.8 Å². The molecule has 3 heterocycles. The van der Waals surface area contributed by atoms with E-state index >= 15 is 0 Å². The second kappa shape index (κ2) is 7.56. The maximum Gasteiger partial charge on any atom is 0.161 e. The monoisotopic (exact) mass is 433 g/mol. The normalized spacial score (nSPS) is 18.2. The molecular formula is C24H24FN5O2. The quantitative estimate of drug-likeness (QED) is 0.420. The zero-order valence-corrected chi connectivity index (χ0v) is 17.9. The van der Waals surface area contributed by atoms with E-state index in [0.717, 1.165) is 22.9 Å². The Morgan fingerprint density at radius 3 is 2.75 bits per heavy atom. The maximum atomic E-state index is 13.8. The second-order valence-electron chi connectivity index (χ2n) is 8.69. The Balaban J connectivity index is 1.59. The summed E-state index contributed by atoms with van der Waals surface area (Å²) in [5.74, 6) is 0.531. The molecule has 1 aliphatic carbocycles. The van der Waals surface area contributed by atoms with Crippen LogP contribution >= 0.6 is 0 Å². The first-order valence-electron chi connectivity index (χ1n) is 10.6. The fraction of sp³-hybridized carbons (Fsp3) is 0.292. The molecule has 1 atom stereocenters. The van der Waals surface area contributed by atoms with Crippen molar-refractivity contribution in [3.8, 4) is 17.0 Å². The molecule has 0 amide bonds. The average molecular weight is 433 g/mol. The number of pyridine rings is 1. The minimum Gasteiger partial charge on any atom is -0.508 e. The molecular weight excluding hydrogens is 409 g/mol. The van der Waals surface area contributed by atoms with Crippen LogP contribution in [0.3, 0.4) is 0 Å². The van der Waals surface area contributed by atoms with Crippen molar-refractivity contribution in [1.29, 1.82) is 0 Å². The molecule has 1 aromatic carbocycles. The van der Waals surface area contributed by atoms with Crippen LogP contribution in [0.1, 0.15) is 42.9 Å². The summed E-state index contributed by atoms with van der Waals surface area (Å²) in [6.07, 6.45) is 5.95. The van der Waals surface area contributed by atoms with Gasteiger partial charge in [-0.3, -0.25) is 4.98 Å². The number of anilines is 1. The number of phenols is 1. The fourth-order valence-electron chi connectivity index (χ4n) is 4.28. The van der Waals surface area contributed by atoms with E-state index in [1.807, 2.05) is 6.07 Å². The van der Waals surface area contributed by atoms with Crippen LogP contribution in [0.25, 0.3) is 16.9 Å². The molecule has 0 saturated carbocycles. The molecule has 0 unspecified atom stereocenters. The third-order valence-corrected chi connectivity index (χ3v) is 5.96. The van der Waals surface area contributed by atoms with Gasteiger partial charge in [0.05, 0.1) is 18.1 Å². The van der Waals surface area contributed by atoms with E-state index in [1.165, 1.54) is 6.07 Å². The van der Waals surface area contributed by atoms with Gasteiger partial charge in [-0.15, -0.1) is 0 Å². The minimum absolute atomic E-state index is 0.186. The summed E-state index contributed by atoms with van der Waals surface area (Å²) in [5.41, 5.74) is 3.49. The third-order valence-electron chi connectivity index (χ3n) is 5.96. The number of aryl methyl sites for hydroxylation is 1. The van der Waals surface area contributed by atoms with Crippen LogP contribution in [0, 0.1) is 5.82 Å². The van der Waals surface area contributed by atoms with Crippen LogP contribution in [0.5, 0.6) is 5.75 Å². The molecule has 0 bridgehead atoms. The van der Waals surface area contributed by atoms with Crippen molar-refractivity contribution in [2.75, 3.05) is 5.32 Å². The minimum atomic E-state index is -1.21. The number of nitrogens with one attached hydrogen (secondary N) is 1. The molecule has 5 rings (SSSR count). The van der Waals surface area contributed by atoms with Crippen molar-refractivity contribution in [3.05, 3.63) is 71.4 Å². The number of aromatic nitrogens is 4. The molecule has 1 aliphatic rings. The lowest BCUT2D eigenvalue weighted by Crippen LogP contribution is -2.44. The molecule has 164 valence electrons. The number of benzene rings is 1. The topological polar surface area (TPSA) is 95.6 Å². The molecule has 7 nitrogen and oxygen atoms in total. The molecule has 0 saturated heterocycles. The summed E-state index contributed by atoms with van der Waals surface area (Å²) in [6.45, 7) is 4.12. The molecule has 4 aromatic rings. The third kappa shape index (κ3) is 3.67. The van der Waals surface area contributed by atoms with Gasteiger partial charge >= 0.3 is 0 Å². The highest BCUT2D eigenvalue weighted by Crippen LogP contribution is 2.33. The summed E-state index contributed by atoms with van der Waals surface area (Å²) in [6, 6.07) is 8.36. The van der Waals surface area contributed by atoms with Gasteiger partial charge in [-0.1, -0.05) is 19.9 Å². The van der Waals surface area contributed by atoms with Gasteiger partial charge in [-0.05, 0) is 48.1 Å². The SMILES string of the molecule is CC(C)c1cnn2c(N[C@]3(O)CCc4cc(O)ccc4C3)cc(-c3cncc(F)c3)nc12. The molecule has 0 fully saturated rings. The maximum absolute atomic E-state index is 13.8. The Labute approximate surface area is 184 Å². The van der Waals surface area contributed by atoms with E-state index in [0.29, 0.717) is 42.0 Å². The van der Waals surface area contributed by atoms with Crippen LogP contribution in [0.15, 0.2) is 48.9 Å². The van der Waals surface area contributed by atoms with Crippen molar-refractivity contribution in [1.82, 2.24) is 19.6 Å². The summed E-state index contributed by atoms with van der Waals surface area (Å²) in [4.78, 5) is 8.68. The second-order valence-corrected chi connectivity index (χ2v) is 8.69. The van der Waals surface area contributed by atoms with E-state index in [9.17, 15) is 14.6 Å². The number of hydrogen-bond donors (Lipinski definition) is 3. The number of aromatic hydroxyl groups is 1. The van der Waals surface area contributed by atoms with Crippen LogP contribution < -0.4 is 5.32 Å². The predicted molar refractivity (Wildman–Crippen MR) is 119 cm³/mol. The molecule has 3 N–H and O–H groups in total. The van der Waals surface area contributed by atoms with Gasteiger partial charge in [0.1, 0.15) is 23.1 Å². The lowest BCUT2D eigenvalue weighted by atomic mass is 9.85. The Kier molecular flexibility index (Phi) is 4.82. The molecule has 0 radical (unpaired) electrons. The van der Waals surface area contributed by atoms with E-state index in [-0.39, 0.29) is 11.7 Å². The van der Waals surface area contributed by atoms with E-state index in [1.54, 1.807) is 35.1 Å². The first kappa shape index (κ1) is 20.4. The van der Waals surface area contributed by atoms with Crippen LogP contribution in [0.2, 0.25) is 0 Å². The number of rotatable bonds is 4. The Bertz CT molecular complexity index is 1320. The highest BCUT2D eigenvalue weighted by atomic mass is 19.1. The molecule has 3 aromatic heterocycles. The first-order chi connectivity index (χ1) is 15.3. The lowest BCUT2D eigenvalue weighted by molar-refractivity contribution is 0.0547. The average Bonchev–Trinajstić information content (AvgIpc) is 3.19.